The molecule has 3 heterocycles. The van der Waals surface area contributed by atoms with E-state index >= 15 is 0 Å². The fourth-order valence-corrected chi connectivity index (χ4v) is 4.95. The lowest BCUT2D eigenvalue weighted by molar-refractivity contribution is 0.0397. The number of rotatable bonds is 7. The van der Waals surface area contributed by atoms with Crippen LogP contribution in [0.15, 0.2) is 55.0 Å². The van der Waals surface area contributed by atoms with Crippen LogP contribution in [0.25, 0.3) is 5.69 Å². The van der Waals surface area contributed by atoms with Crippen molar-refractivity contribution in [1.29, 1.82) is 0 Å². The number of piperidine rings is 1. The number of pyridine rings is 1. The summed E-state index contributed by atoms with van der Waals surface area (Å²) in [4.78, 5) is 19.8. The fraction of sp³-hybridized carbons (Fsp3) is 0.375. The van der Waals surface area contributed by atoms with E-state index in [1.807, 2.05) is 42.3 Å². The Balaban J connectivity index is 1.57. The Bertz CT molecular complexity index is 1040. The number of halogens is 2. The van der Waals surface area contributed by atoms with Gasteiger partial charge in [-0.15, -0.1) is 0 Å². The third-order valence-electron chi connectivity index (χ3n) is 5.86. The van der Waals surface area contributed by atoms with Crippen LogP contribution in [-0.4, -0.2) is 49.2 Å². The lowest BCUT2D eigenvalue weighted by atomic mass is 9.87. The van der Waals surface area contributed by atoms with E-state index < -0.39 is 0 Å². The van der Waals surface area contributed by atoms with Crippen molar-refractivity contribution in [2.24, 2.45) is 5.92 Å². The summed E-state index contributed by atoms with van der Waals surface area (Å²) in [6, 6.07) is 10.7. The zero-order valence-electron chi connectivity index (χ0n) is 18.0. The van der Waals surface area contributed by atoms with Gasteiger partial charge in [0.25, 0.3) is 5.91 Å². The van der Waals surface area contributed by atoms with Crippen LogP contribution in [-0.2, 0) is 0 Å². The number of ether oxygens (including phenoxy) is 1. The Morgan fingerprint density at radius 3 is 2.91 bits per heavy atom. The molecule has 0 saturated carbocycles. The van der Waals surface area contributed by atoms with Crippen LogP contribution in [0.5, 0.6) is 5.88 Å². The third kappa shape index (κ3) is 5.11. The molecule has 1 saturated heterocycles. The molecule has 0 spiro atoms. The van der Waals surface area contributed by atoms with E-state index in [9.17, 15) is 9.18 Å². The Hall–Kier alpha value is -2.49. The van der Waals surface area contributed by atoms with Crippen molar-refractivity contribution in [1.82, 2.24) is 19.7 Å². The van der Waals surface area contributed by atoms with Crippen LogP contribution in [0.2, 0.25) is 0 Å². The Morgan fingerprint density at radius 2 is 2.19 bits per heavy atom. The second-order valence-corrected chi connectivity index (χ2v) is 9.12. The summed E-state index contributed by atoms with van der Waals surface area (Å²) in [5, 5.41) is 4.33. The number of aryl methyl sites for hydroxylation is 1. The monoisotopic (exact) mass is 548 g/mol. The minimum atomic E-state index is -0.388. The van der Waals surface area contributed by atoms with Gasteiger partial charge < -0.3 is 9.64 Å². The van der Waals surface area contributed by atoms with Crippen LogP contribution in [0, 0.1) is 18.7 Å². The molecule has 3 aromatic rings. The van der Waals surface area contributed by atoms with Gasteiger partial charge in [-0.2, -0.15) is 5.10 Å². The molecule has 1 aliphatic heterocycles. The lowest BCUT2D eigenvalue weighted by Crippen LogP contribution is -2.50. The summed E-state index contributed by atoms with van der Waals surface area (Å²) in [5.74, 6) is 0.231. The number of hydrogen-bond donors (Lipinski definition) is 0. The molecule has 1 unspecified atom stereocenters. The highest BCUT2D eigenvalue weighted by molar-refractivity contribution is 14.1. The molecule has 2 aromatic heterocycles. The molecule has 1 amide bonds. The first-order valence-corrected chi connectivity index (χ1v) is 12.3. The van der Waals surface area contributed by atoms with Crippen molar-refractivity contribution in [3.8, 4) is 11.6 Å². The van der Waals surface area contributed by atoms with Crippen molar-refractivity contribution < 1.29 is 13.9 Å². The molecule has 168 valence electrons. The highest BCUT2D eigenvalue weighted by atomic mass is 127. The molecular formula is C24H26FIN4O2. The predicted molar refractivity (Wildman–Crippen MR) is 129 cm³/mol. The summed E-state index contributed by atoms with van der Waals surface area (Å²) in [7, 11) is 0. The average Bonchev–Trinajstić information content (AvgIpc) is 3.34. The molecule has 1 aromatic carbocycles. The number of carbonyl (C=O) groups is 1. The number of benzene rings is 1. The van der Waals surface area contributed by atoms with Crippen molar-refractivity contribution in [3.05, 3.63) is 71.9 Å². The first-order chi connectivity index (χ1) is 15.6. The van der Waals surface area contributed by atoms with E-state index in [4.69, 9.17) is 4.74 Å². The van der Waals surface area contributed by atoms with Crippen molar-refractivity contribution in [2.45, 2.75) is 32.2 Å². The van der Waals surface area contributed by atoms with Gasteiger partial charge in [-0.25, -0.2) is 14.1 Å². The van der Waals surface area contributed by atoms with Gasteiger partial charge in [0.1, 0.15) is 5.82 Å². The second-order valence-electron chi connectivity index (χ2n) is 8.04. The zero-order valence-corrected chi connectivity index (χ0v) is 20.1. The molecule has 8 heteroatoms. The first kappa shape index (κ1) is 22.7. The Kier molecular flexibility index (Phi) is 7.39. The number of aromatic nitrogens is 3. The second kappa shape index (κ2) is 10.4. The van der Waals surface area contributed by atoms with E-state index in [-0.39, 0.29) is 23.7 Å². The van der Waals surface area contributed by atoms with Gasteiger partial charge in [0.2, 0.25) is 5.88 Å². The molecule has 32 heavy (non-hydrogen) atoms. The quantitative estimate of drug-likeness (QED) is 0.313. The molecular weight excluding hydrogens is 522 g/mol. The van der Waals surface area contributed by atoms with Crippen molar-refractivity contribution in [2.75, 3.05) is 17.6 Å². The summed E-state index contributed by atoms with van der Waals surface area (Å²) in [6.07, 6.45) is 7.50. The minimum Gasteiger partial charge on any atom is -0.477 e. The molecule has 0 bridgehead atoms. The molecule has 4 rings (SSSR count). The minimum absolute atomic E-state index is 0.0265. The maximum absolute atomic E-state index is 13.8. The number of hydrogen-bond acceptors (Lipinski definition) is 4. The van der Waals surface area contributed by atoms with E-state index in [1.165, 1.54) is 12.1 Å². The average molecular weight is 548 g/mol. The molecule has 1 aliphatic rings. The van der Waals surface area contributed by atoms with Crippen molar-refractivity contribution >= 4 is 28.5 Å². The van der Waals surface area contributed by atoms with Gasteiger partial charge in [-0.3, -0.25) is 4.79 Å². The highest BCUT2D eigenvalue weighted by Gasteiger charge is 2.35. The number of amides is 1. The Morgan fingerprint density at radius 1 is 1.31 bits per heavy atom. The fourth-order valence-electron chi connectivity index (χ4n) is 4.31. The van der Waals surface area contributed by atoms with E-state index in [0.717, 1.165) is 47.7 Å². The molecule has 2 atom stereocenters. The number of alkyl halides is 1. The predicted octanol–water partition coefficient (Wildman–Crippen LogP) is 4.84. The molecule has 0 N–H and O–H groups in total. The molecule has 1 fully saturated rings. The lowest BCUT2D eigenvalue weighted by Gasteiger charge is -2.41. The summed E-state index contributed by atoms with van der Waals surface area (Å²) >= 11 is 2.37. The van der Waals surface area contributed by atoms with Crippen LogP contribution < -0.4 is 4.74 Å². The van der Waals surface area contributed by atoms with Gasteiger partial charge in [0.15, 0.2) is 0 Å². The maximum atomic E-state index is 13.8. The summed E-state index contributed by atoms with van der Waals surface area (Å²) in [6.45, 7) is 3.16. The van der Waals surface area contributed by atoms with Crippen LogP contribution in [0.1, 0.15) is 35.2 Å². The number of likely N-dealkylation sites (tertiary alicyclic amines) is 1. The smallest absolute Gasteiger partial charge is 0.256 e. The standard InChI is InChI=1S/C24H26FIN4O2/c1-17-5-7-22(30-13-3-11-28-30)20(14-17)24(31)29-12-2-4-18(21(29)9-10-26)16-32-23-8-6-19(25)15-27-23/h3,5-8,11,13-15,18,21H,2,4,9-10,12,16H2,1H3/t18-,21?/m1/s1. The van der Waals surface area contributed by atoms with Gasteiger partial charge >= 0.3 is 0 Å². The summed E-state index contributed by atoms with van der Waals surface area (Å²) in [5.41, 5.74) is 2.48. The number of carbonyl (C=O) groups excluding carboxylic acids is 1. The van der Waals surface area contributed by atoms with E-state index in [0.29, 0.717) is 18.1 Å². The van der Waals surface area contributed by atoms with Gasteiger partial charge in [0, 0.05) is 41.4 Å². The van der Waals surface area contributed by atoms with Crippen LogP contribution in [0.3, 0.4) is 0 Å². The molecule has 6 nitrogen and oxygen atoms in total. The molecule has 0 aliphatic carbocycles. The largest absolute Gasteiger partial charge is 0.477 e. The third-order valence-corrected chi connectivity index (χ3v) is 6.49. The zero-order chi connectivity index (χ0) is 22.5. The normalized spacial score (nSPS) is 18.5. The van der Waals surface area contributed by atoms with Crippen molar-refractivity contribution in [3.63, 3.8) is 0 Å². The highest BCUT2D eigenvalue weighted by Crippen LogP contribution is 2.30. The SMILES string of the molecule is Cc1ccc(-n2cccn2)c(C(=O)N2CCC[C@H](COc3ccc(F)cn3)C2CCI)c1. The topological polar surface area (TPSA) is 60.2 Å². The van der Waals surface area contributed by atoms with E-state index in [2.05, 4.69) is 32.7 Å². The van der Waals surface area contributed by atoms with E-state index in [1.54, 1.807) is 10.9 Å². The summed E-state index contributed by atoms with van der Waals surface area (Å²) < 4.78 is 21.7. The molecule has 0 radical (unpaired) electrons. The number of nitrogens with zero attached hydrogens (tertiary/aromatic N) is 4. The van der Waals surface area contributed by atoms with Gasteiger partial charge in [-0.1, -0.05) is 34.2 Å². The Labute approximate surface area is 200 Å². The van der Waals surface area contributed by atoms with Crippen LogP contribution >= 0.6 is 22.6 Å². The van der Waals surface area contributed by atoms with Crippen LogP contribution in [0.4, 0.5) is 4.39 Å². The maximum Gasteiger partial charge on any atom is 0.256 e. The van der Waals surface area contributed by atoms with Gasteiger partial charge in [-0.05, 0) is 50.5 Å². The van der Waals surface area contributed by atoms with Gasteiger partial charge in [0.05, 0.1) is 24.1 Å². The first-order valence-electron chi connectivity index (χ1n) is 10.8.